The van der Waals surface area contributed by atoms with Crippen LogP contribution in [0, 0.1) is 0 Å². The molecule has 1 saturated heterocycles. The molecule has 6 heteroatoms. The molecule has 0 spiro atoms. The van der Waals surface area contributed by atoms with Crippen molar-refractivity contribution in [2.75, 3.05) is 13.1 Å². The van der Waals surface area contributed by atoms with Crippen LogP contribution in [0.2, 0.25) is 5.02 Å². The molecule has 1 N–H and O–H groups in total. The van der Waals surface area contributed by atoms with Crippen LogP contribution >= 0.6 is 11.6 Å². The number of rotatable bonds is 5. The van der Waals surface area contributed by atoms with Gasteiger partial charge in [-0.3, -0.25) is 4.90 Å². The summed E-state index contributed by atoms with van der Waals surface area (Å²) in [6.45, 7) is 0.560. The Labute approximate surface area is 115 Å². The van der Waals surface area contributed by atoms with Crippen LogP contribution in [-0.4, -0.2) is 35.3 Å². The number of aliphatic hydroxyl groups is 1. The summed E-state index contributed by atoms with van der Waals surface area (Å²) >= 11 is 5.87. The SMILES string of the molecule is CCC1(O)CN(Cc2cc(Cl)ccc2OC(F)F)C1. The van der Waals surface area contributed by atoms with Gasteiger partial charge in [0.15, 0.2) is 0 Å². The molecule has 1 aromatic carbocycles. The first-order valence-electron chi connectivity index (χ1n) is 6.10. The largest absolute Gasteiger partial charge is 0.434 e. The number of halogens is 3. The fourth-order valence-corrected chi connectivity index (χ4v) is 2.44. The average Bonchev–Trinajstić information content (AvgIpc) is 2.30. The summed E-state index contributed by atoms with van der Waals surface area (Å²) in [6, 6.07) is 4.57. The maximum absolute atomic E-state index is 12.3. The van der Waals surface area contributed by atoms with E-state index in [1.165, 1.54) is 12.1 Å². The van der Waals surface area contributed by atoms with E-state index in [1.54, 1.807) is 6.07 Å². The van der Waals surface area contributed by atoms with E-state index in [-0.39, 0.29) is 5.75 Å². The molecular weight excluding hydrogens is 276 g/mol. The van der Waals surface area contributed by atoms with E-state index >= 15 is 0 Å². The standard InChI is InChI=1S/C13H16ClF2NO2/c1-2-13(18)7-17(8-13)6-9-5-10(14)3-4-11(9)19-12(15)16/h3-5,12,18H,2,6-8H2,1H3. The summed E-state index contributed by atoms with van der Waals surface area (Å²) in [5.41, 5.74) is -0.0478. The zero-order valence-electron chi connectivity index (χ0n) is 10.6. The summed E-state index contributed by atoms with van der Waals surface area (Å²) in [5.74, 6) is 0.131. The Morgan fingerprint density at radius 3 is 2.74 bits per heavy atom. The molecule has 0 bridgehead atoms. The minimum Gasteiger partial charge on any atom is -0.434 e. The molecule has 19 heavy (non-hydrogen) atoms. The van der Waals surface area contributed by atoms with Crippen molar-refractivity contribution in [1.29, 1.82) is 0 Å². The number of alkyl halides is 2. The number of ether oxygens (including phenoxy) is 1. The molecule has 0 atom stereocenters. The van der Waals surface area contributed by atoms with E-state index in [4.69, 9.17) is 11.6 Å². The summed E-state index contributed by atoms with van der Waals surface area (Å²) in [6.07, 6.45) is 0.680. The molecule has 0 saturated carbocycles. The van der Waals surface area contributed by atoms with E-state index in [1.807, 2.05) is 11.8 Å². The number of nitrogens with zero attached hydrogens (tertiary/aromatic N) is 1. The first-order chi connectivity index (χ1) is 8.92. The third kappa shape index (κ3) is 3.55. The van der Waals surface area contributed by atoms with Gasteiger partial charge in [-0.1, -0.05) is 18.5 Å². The van der Waals surface area contributed by atoms with Crippen LogP contribution in [0.1, 0.15) is 18.9 Å². The highest BCUT2D eigenvalue weighted by atomic mass is 35.5. The van der Waals surface area contributed by atoms with Gasteiger partial charge in [-0.05, 0) is 24.6 Å². The Hall–Kier alpha value is -0.910. The molecule has 1 fully saturated rings. The molecule has 1 aromatic rings. The third-order valence-corrected chi connectivity index (χ3v) is 3.56. The van der Waals surface area contributed by atoms with Gasteiger partial charge in [0.2, 0.25) is 0 Å². The predicted octanol–water partition coefficient (Wildman–Crippen LogP) is 2.90. The van der Waals surface area contributed by atoms with Crippen molar-refractivity contribution in [3.63, 3.8) is 0 Å². The van der Waals surface area contributed by atoms with E-state index < -0.39 is 12.2 Å². The van der Waals surface area contributed by atoms with Crippen LogP contribution in [0.5, 0.6) is 5.75 Å². The van der Waals surface area contributed by atoms with Gasteiger partial charge in [0, 0.05) is 30.2 Å². The Morgan fingerprint density at radius 2 is 2.16 bits per heavy atom. The van der Waals surface area contributed by atoms with Crippen LogP contribution in [0.25, 0.3) is 0 Å². The fourth-order valence-electron chi connectivity index (χ4n) is 2.24. The van der Waals surface area contributed by atoms with Crippen molar-refractivity contribution >= 4 is 11.6 Å². The number of likely N-dealkylation sites (tertiary alicyclic amines) is 1. The molecule has 1 heterocycles. The summed E-state index contributed by atoms with van der Waals surface area (Å²) in [7, 11) is 0. The predicted molar refractivity (Wildman–Crippen MR) is 68.6 cm³/mol. The maximum atomic E-state index is 12.3. The lowest BCUT2D eigenvalue weighted by Gasteiger charge is -2.46. The second-order valence-corrected chi connectivity index (χ2v) is 5.29. The van der Waals surface area contributed by atoms with Crippen molar-refractivity contribution in [2.24, 2.45) is 0 Å². The second kappa shape index (κ2) is 5.61. The van der Waals surface area contributed by atoms with Crippen LogP contribution in [-0.2, 0) is 6.54 Å². The highest BCUT2D eigenvalue weighted by Gasteiger charge is 2.39. The molecule has 0 aliphatic carbocycles. The molecule has 0 unspecified atom stereocenters. The maximum Gasteiger partial charge on any atom is 0.387 e. The van der Waals surface area contributed by atoms with Crippen molar-refractivity contribution in [1.82, 2.24) is 4.90 Å². The quantitative estimate of drug-likeness (QED) is 0.905. The lowest BCUT2D eigenvalue weighted by atomic mass is 9.91. The van der Waals surface area contributed by atoms with Gasteiger partial charge in [-0.15, -0.1) is 0 Å². The Bertz CT molecular complexity index is 450. The number of hydrogen-bond acceptors (Lipinski definition) is 3. The summed E-state index contributed by atoms with van der Waals surface area (Å²) < 4.78 is 29.1. The molecular formula is C13H16ClF2NO2. The van der Waals surface area contributed by atoms with Crippen LogP contribution in [0.4, 0.5) is 8.78 Å². The lowest BCUT2D eigenvalue weighted by Crippen LogP contribution is -2.60. The highest BCUT2D eigenvalue weighted by Crippen LogP contribution is 2.30. The summed E-state index contributed by atoms with van der Waals surface area (Å²) in [4.78, 5) is 1.97. The fraction of sp³-hybridized carbons (Fsp3) is 0.538. The minimum atomic E-state index is -2.86. The van der Waals surface area contributed by atoms with E-state index in [2.05, 4.69) is 4.74 Å². The second-order valence-electron chi connectivity index (χ2n) is 4.85. The van der Waals surface area contributed by atoms with Crippen molar-refractivity contribution in [3.8, 4) is 5.75 Å². The molecule has 0 amide bonds. The van der Waals surface area contributed by atoms with Crippen molar-refractivity contribution in [2.45, 2.75) is 32.1 Å². The zero-order valence-corrected chi connectivity index (χ0v) is 11.3. The average molecular weight is 292 g/mol. The van der Waals surface area contributed by atoms with Crippen molar-refractivity contribution < 1.29 is 18.6 Å². The van der Waals surface area contributed by atoms with Gasteiger partial charge in [0.05, 0.1) is 5.60 Å². The van der Waals surface area contributed by atoms with Crippen LogP contribution in [0.15, 0.2) is 18.2 Å². The third-order valence-electron chi connectivity index (χ3n) is 3.33. The van der Waals surface area contributed by atoms with Crippen LogP contribution in [0.3, 0.4) is 0 Å². The monoisotopic (exact) mass is 291 g/mol. The first-order valence-corrected chi connectivity index (χ1v) is 6.47. The minimum absolute atomic E-state index is 0.131. The number of hydrogen-bond donors (Lipinski definition) is 1. The topological polar surface area (TPSA) is 32.7 Å². The van der Waals surface area contributed by atoms with Crippen molar-refractivity contribution in [3.05, 3.63) is 28.8 Å². The number of β-amino-alcohol motifs (C(OH)–C–C–N with tert-alkyl or cyclic N) is 1. The van der Waals surface area contributed by atoms with Gasteiger partial charge < -0.3 is 9.84 Å². The Kier molecular flexibility index (Phi) is 4.28. The molecule has 106 valence electrons. The van der Waals surface area contributed by atoms with Gasteiger partial charge in [0.1, 0.15) is 5.75 Å². The van der Waals surface area contributed by atoms with E-state index in [0.29, 0.717) is 36.6 Å². The van der Waals surface area contributed by atoms with Gasteiger partial charge in [0.25, 0.3) is 0 Å². The normalized spacial score (nSPS) is 18.4. The zero-order chi connectivity index (χ0) is 14.0. The van der Waals surface area contributed by atoms with E-state index in [0.717, 1.165) is 0 Å². The smallest absolute Gasteiger partial charge is 0.387 e. The lowest BCUT2D eigenvalue weighted by molar-refractivity contribution is -0.104. The number of benzene rings is 1. The molecule has 2 rings (SSSR count). The molecule has 3 nitrogen and oxygen atoms in total. The van der Waals surface area contributed by atoms with Gasteiger partial charge in [-0.25, -0.2) is 0 Å². The van der Waals surface area contributed by atoms with Crippen LogP contribution < -0.4 is 4.74 Å². The molecule has 1 aliphatic heterocycles. The highest BCUT2D eigenvalue weighted by molar-refractivity contribution is 6.30. The van der Waals surface area contributed by atoms with Gasteiger partial charge in [-0.2, -0.15) is 8.78 Å². The first kappa shape index (κ1) is 14.5. The molecule has 1 aliphatic rings. The molecule has 0 radical (unpaired) electrons. The summed E-state index contributed by atoms with van der Waals surface area (Å²) in [5, 5.41) is 10.4. The Morgan fingerprint density at radius 1 is 1.47 bits per heavy atom. The van der Waals surface area contributed by atoms with E-state index in [9.17, 15) is 13.9 Å². The van der Waals surface area contributed by atoms with Gasteiger partial charge >= 0.3 is 6.61 Å². The molecule has 0 aromatic heterocycles. The Balaban J connectivity index is 2.05.